The van der Waals surface area contributed by atoms with E-state index in [4.69, 9.17) is 5.73 Å². The lowest BCUT2D eigenvalue weighted by Gasteiger charge is -2.23. The molecule has 0 spiro atoms. The highest BCUT2D eigenvalue weighted by Gasteiger charge is 2.19. The molecule has 0 aromatic heterocycles. The van der Waals surface area contributed by atoms with E-state index in [9.17, 15) is 4.79 Å². The molecular weight excluding hydrogens is 202 g/mol. The molecule has 1 aliphatic heterocycles. The largest absolute Gasteiger partial charge is 0.336 e. The first-order valence-corrected chi connectivity index (χ1v) is 6.47. The molecule has 1 atom stereocenters. The third-order valence-electron chi connectivity index (χ3n) is 3.54. The van der Waals surface area contributed by atoms with Crippen LogP contribution in [0.2, 0.25) is 0 Å². The van der Waals surface area contributed by atoms with Gasteiger partial charge in [0.1, 0.15) is 0 Å². The second-order valence-electron chi connectivity index (χ2n) is 4.62. The zero-order valence-electron chi connectivity index (χ0n) is 10.5. The van der Waals surface area contributed by atoms with Gasteiger partial charge in [-0.25, -0.2) is 4.79 Å². The van der Waals surface area contributed by atoms with Crippen molar-refractivity contribution in [1.29, 1.82) is 0 Å². The van der Waals surface area contributed by atoms with Gasteiger partial charge in [-0.05, 0) is 18.8 Å². The van der Waals surface area contributed by atoms with Gasteiger partial charge in [-0.1, -0.05) is 26.7 Å². The molecule has 94 valence electrons. The van der Waals surface area contributed by atoms with Crippen molar-refractivity contribution < 1.29 is 4.79 Å². The predicted molar refractivity (Wildman–Crippen MR) is 66.3 cm³/mol. The van der Waals surface area contributed by atoms with Gasteiger partial charge in [0.15, 0.2) is 0 Å². The number of likely N-dealkylation sites (tertiary alicyclic amines) is 1. The summed E-state index contributed by atoms with van der Waals surface area (Å²) in [7, 11) is 0. The molecule has 0 radical (unpaired) electrons. The van der Waals surface area contributed by atoms with Crippen molar-refractivity contribution in [3.8, 4) is 0 Å². The molecule has 2 amide bonds. The van der Waals surface area contributed by atoms with Crippen molar-refractivity contribution in [1.82, 2.24) is 10.2 Å². The Hall–Kier alpha value is -0.770. The van der Waals surface area contributed by atoms with Crippen molar-refractivity contribution in [2.45, 2.75) is 45.6 Å². The monoisotopic (exact) mass is 227 g/mol. The van der Waals surface area contributed by atoms with E-state index >= 15 is 0 Å². The summed E-state index contributed by atoms with van der Waals surface area (Å²) in [5.41, 5.74) is 6.05. The molecule has 1 unspecified atom stereocenters. The first-order chi connectivity index (χ1) is 7.69. The lowest BCUT2D eigenvalue weighted by Crippen LogP contribution is -2.46. The van der Waals surface area contributed by atoms with Gasteiger partial charge in [-0.3, -0.25) is 0 Å². The summed E-state index contributed by atoms with van der Waals surface area (Å²) >= 11 is 0. The maximum Gasteiger partial charge on any atom is 0.317 e. The van der Waals surface area contributed by atoms with Gasteiger partial charge in [0.2, 0.25) is 0 Å². The topological polar surface area (TPSA) is 58.4 Å². The number of nitrogens with two attached hydrogens (primary N) is 1. The predicted octanol–water partition coefficient (Wildman–Crippen LogP) is 1.56. The molecule has 1 rings (SSSR count). The average Bonchev–Trinajstić information content (AvgIpc) is 2.81. The number of hydrogen-bond donors (Lipinski definition) is 2. The van der Waals surface area contributed by atoms with Crippen LogP contribution in [0.5, 0.6) is 0 Å². The Balaban J connectivity index is 2.24. The summed E-state index contributed by atoms with van der Waals surface area (Å²) in [6, 6.07) is 0.139. The summed E-state index contributed by atoms with van der Waals surface area (Å²) < 4.78 is 0. The Morgan fingerprint density at radius 2 is 1.88 bits per heavy atom. The fourth-order valence-corrected chi connectivity index (χ4v) is 2.30. The molecule has 4 nitrogen and oxygen atoms in total. The Bertz CT molecular complexity index is 210. The molecule has 0 bridgehead atoms. The van der Waals surface area contributed by atoms with Gasteiger partial charge in [-0.2, -0.15) is 0 Å². The van der Waals surface area contributed by atoms with Crippen molar-refractivity contribution in [2.24, 2.45) is 11.7 Å². The number of urea groups is 1. The Morgan fingerprint density at radius 1 is 1.31 bits per heavy atom. The minimum Gasteiger partial charge on any atom is -0.336 e. The number of carbonyl (C=O) groups excluding carboxylic acids is 1. The Labute approximate surface area is 98.6 Å². The Morgan fingerprint density at radius 3 is 2.38 bits per heavy atom. The maximum absolute atomic E-state index is 11.7. The van der Waals surface area contributed by atoms with Crippen molar-refractivity contribution in [3.63, 3.8) is 0 Å². The maximum atomic E-state index is 11.7. The van der Waals surface area contributed by atoms with Crippen LogP contribution in [0.25, 0.3) is 0 Å². The summed E-state index contributed by atoms with van der Waals surface area (Å²) in [5, 5.41) is 2.94. The summed E-state index contributed by atoms with van der Waals surface area (Å²) in [6.07, 6.45) is 4.42. The second-order valence-corrected chi connectivity index (χ2v) is 4.62. The zero-order valence-corrected chi connectivity index (χ0v) is 10.5. The van der Waals surface area contributed by atoms with E-state index in [-0.39, 0.29) is 12.1 Å². The van der Waals surface area contributed by atoms with E-state index in [1.54, 1.807) is 0 Å². The van der Waals surface area contributed by atoms with Crippen LogP contribution >= 0.6 is 0 Å². The third kappa shape index (κ3) is 3.67. The molecule has 3 N–H and O–H groups in total. The highest BCUT2D eigenvalue weighted by molar-refractivity contribution is 5.74. The first kappa shape index (κ1) is 13.3. The van der Waals surface area contributed by atoms with Gasteiger partial charge in [-0.15, -0.1) is 0 Å². The highest BCUT2D eigenvalue weighted by atomic mass is 16.2. The minimum absolute atomic E-state index is 0.0545. The summed E-state index contributed by atoms with van der Waals surface area (Å²) in [6.45, 7) is 6.69. The Kier molecular flexibility index (Phi) is 5.60. The van der Waals surface area contributed by atoms with Gasteiger partial charge in [0, 0.05) is 25.7 Å². The number of carbonyl (C=O) groups is 1. The van der Waals surface area contributed by atoms with Crippen LogP contribution in [0.4, 0.5) is 4.79 Å². The molecule has 0 aliphatic carbocycles. The number of amides is 2. The van der Waals surface area contributed by atoms with Crippen molar-refractivity contribution in [3.05, 3.63) is 0 Å². The fraction of sp³-hybridized carbons (Fsp3) is 0.917. The van der Waals surface area contributed by atoms with Crippen LogP contribution in [0, 0.1) is 5.92 Å². The van der Waals surface area contributed by atoms with E-state index < -0.39 is 0 Å². The van der Waals surface area contributed by atoms with Gasteiger partial charge >= 0.3 is 6.03 Å². The standard InChI is InChI=1S/C12H25N3O/c1-3-10(4-2)11(13)9-14-12(16)15-7-5-6-8-15/h10-11H,3-9,13H2,1-2H3,(H,14,16). The van der Waals surface area contributed by atoms with E-state index in [1.807, 2.05) is 4.90 Å². The smallest absolute Gasteiger partial charge is 0.317 e. The number of nitrogens with one attached hydrogen (secondary N) is 1. The molecule has 4 heteroatoms. The lowest BCUT2D eigenvalue weighted by molar-refractivity contribution is 0.206. The third-order valence-corrected chi connectivity index (χ3v) is 3.54. The normalized spacial score (nSPS) is 17.9. The molecule has 1 fully saturated rings. The van der Waals surface area contributed by atoms with Crippen LogP contribution in [0.15, 0.2) is 0 Å². The first-order valence-electron chi connectivity index (χ1n) is 6.47. The van der Waals surface area contributed by atoms with Crippen molar-refractivity contribution >= 4 is 6.03 Å². The van der Waals surface area contributed by atoms with Gasteiger partial charge in [0.05, 0.1) is 0 Å². The van der Waals surface area contributed by atoms with E-state index in [1.165, 1.54) is 0 Å². The molecule has 0 saturated carbocycles. The van der Waals surface area contributed by atoms with Crippen molar-refractivity contribution in [2.75, 3.05) is 19.6 Å². The highest BCUT2D eigenvalue weighted by Crippen LogP contribution is 2.11. The second kappa shape index (κ2) is 6.74. The molecule has 1 aliphatic rings. The van der Waals surface area contributed by atoms with Crippen LogP contribution in [0.3, 0.4) is 0 Å². The fourth-order valence-electron chi connectivity index (χ4n) is 2.30. The number of rotatable bonds is 5. The van der Waals surface area contributed by atoms with E-state index in [2.05, 4.69) is 19.2 Å². The summed E-state index contributed by atoms with van der Waals surface area (Å²) in [5.74, 6) is 0.513. The van der Waals surface area contributed by atoms with Crippen LogP contribution < -0.4 is 11.1 Å². The average molecular weight is 227 g/mol. The van der Waals surface area contributed by atoms with E-state index in [0.29, 0.717) is 12.5 Å². The van der Waals surface area contributed by atoms with Gasteiger partial charge < -0.3 is 16.0 Å². The molecule has 16 heavy (non-hydrogen) atoms. The van der Waals surface area contributed by atoms with Crippen LogP contribution in [0.1, 0.15) is 39.5 Å². The van der Waals surface area contributed by atoms with Crippen LogP contribution in [-0.4, -0.2) is 36.6 Å². The number of hydrogen-bond acceptors (Lipinski definition) is 2. The molecular formula is C12H25N3O. The molecule has 0 aromatic rings. The molecule has 1 heterocycles. The molecule has 1 saturated heterocycles. The minimum atomic E-state index is 0.0545. The van der Waals surface area contributed by atoms with E-state index in [0.717, 1.165) is 38.8 Å². The quantitative estimate of drug-likeness (QED) is 0.748. The van der Waals surface area contributed by atoms with Gasteiger partial charge in [0.25, 0.3) is 0 Å². The summed E-state index contributed by atoms with van der Waals surface area (Å²) in [4.78, 5) is 13.6. The molecule has 0 aromatic carbocycles. The lowest BCUT2D eigenvalue weighted by atomic mass is 9.95. The number of nitrogens with zero attached hydrogens (tertiary/aromatic N) is 1. The SMILES string of the molecule is CCC(CC)C(N)CNC(=O)N1CCCC1. The zero-order chi connectivity index (χ0) is 12.0. The van der Waals surface area contributed by atoms with Crippen LogP contribution in [-0.2, 0) is 0 Å².